The fraction of sp³-hybridized carbons (Fsp3) is 0.125. The average Bonchev–Trinajstić information content (AvgIpc) is 2.99. The number of benzene rings is 2. The summed E-state index contributed by atoms with van der Waals surface area (Å²) in [7, 11) is 1.91. The molecule has 21 heavy (non-hydrogen) atoms. The minimum Gasteiger partial charge on any atom is -0.365 e. The van der Waals surface area contributed by atoms with Crippen molar-refractivity contribution in [2.75, 3.05) is 23.8 Å². The van der Waals surface area contributed by atoms with Gasteiger partial charge in [0.05, 0.1) is 6.54 Å². The molecule has 2 aromatic carbocycles. The molecule has 0 unspecified atom stereocenters. The molecule has 1 aromatic heterocycles. The summed E-state index contributed by atoms with van der Waals surface area (Å²) in [6.07, 6.45) is 1.67. The number of hydrogen-bond donors (Lipinski definition) is 1. The maximum absolute atomic E-state index is 12.0. The van der Waals surface area contributed by atoms with Gasteiger partial charge in [-0.1, -0.05) is 30.3 Å². The molecule has 0 saturated carbocycles. The van der Waals surface area contributed by atoms with E-state index in [1.807, 2.05) is 35.5 Å². The Kier molecular flexibility index (Phi) is 3.83. The Bertz CT molecular complexity index is 755. The standard InChI is InChI=1S/C16H15N3OS/c1-19(11-15(20)18-16-17-8-9-21-16)14-7-6-12-4-2-3-5-13(12)10-14/h2-10H,11H2,1H3,(H,17,18,20). The van der Waals surface area contributed by atoms with Crippen molar-refractivity contribution in [3.63, 3.8) is 0 Å². The number of aromatic nitrogens is 1. The van der Waals surface area contributed by atoms with Gasteiger partial charge >= 0.3 is 0 Å². The largest absolute Gasteiger partial charge is 0.365 e. The van der Waals surface area contributed by atoms with Crippen LogP contribution in [0.2, 0.25) is 0 Å². The highest BCUT2D eigenvalue weighted by atomic mass is 32.1. The number of likely N-dealkylation sites (N-methyl/N-ethyl adjacent to an activating group) is 1. The second kappa shape index (κ2) is 5.93. The number of carbonyl (C=O) groups excluding carboxylic acids is 1. The normalized spacial score (nSPS) is 10.5. The topological polar surface area (TPSA) is 45.2 Å². The van der Waals surface area contributed by atoms with Gasteiger partial charge in [0.15, 0.2) is 5.13 Å². The zero-order valence-electron chi connectivity index (χ0n) is 11.6. The van der Waals surface area contributed by atoms with E-state index in [0.717, 1.165) is 5.69 Å². The van der Waals surface area contributed by atoms with E-state index in [1.165, 1.54) is 22.1 Å². The summed E-state index contributed by atoms with van der Waals surface area (Å²) in [4.78, 5) is 17.9. The van der Waals surface area contributed by atoms with Crippen LogP contribution >= 0.6 is 11.3 Å². The third kappa shape index (κ3) is 3.20. The van der Waals surface area contributed by atoms with Gasteiger partial charge in [0, 0.05) is 24.3 Å². The smallest absolute Gasteiger partial charge is 0.245 e. The van der Waals surface area contributed by atoms with Gasteiger partial charge in [-0.2, -0.15) is 0 Å². The molecule has 3 aromatic rings. The third-order valence-electron chi connectivity index (χ3n) is 3.23. The molecule has 5 heteroatoms. The number of nitrogens with one attached hydrogen (secondary N) is 1. The molecule has 0 aliphatic carbocycles. The minimum atomic E-state index is -0.0689. The van der Waals surface area contributed by atoms with E-state index in [9.17, 15) is 4.79 Å². The number of amides is 1. The van der Waals surface area contributed by atoms with Crippen LogP contribution in [0.5, 0.6) is 0 Å². The van der Waals surface area contributed by atoms with Crippen LogP contribution in [0.3, 0.4) is 0 Å². The van der Waals surface area contributed by atoms with Gasteiger partial charge in [-0.25, -0.2) is 4.98 Å². The lowest BCUT2D eigenvalue weighted by molar-refractivity contribution is -0.114. The Morgan fingerprint density at radius 1 is 1.24 bits per heavy atom. The first-order valence-electron chi connectivity index (χ1n) is 6.62. The van der Waals surface area contributed by atoms with Crippen molar-refractivity contribution in [2.24, 2.45) is 0 Å². The van der Waals surface area contributed by atoms with Crippen molar-refractivity contribution in [1.82, 2.24) is 4.98 Å². The molecule has 0 saturated heterocycles. The van der Waals surface area contributed by atoms with Crippen LogP contribution in [-0.4, -0.2) is 24.5 Å². The highest BCUT2D eigenvalue weighted by Crippen LogP contribution is 2.21. The molecular weight excluding hydrogens is 282 g/mol. The number of carbonyl (C=O) groups is 1. The van der Waals surface area contributed by atoms with Gasteiger partial charge < -0.3 is 10.2 Å². The Morgan fingerprint density at radius 2 is 2.05 bits per heavy atom. The van der Waals surface area contributed by atoms with E-state index >= 15 is 0 Å². The molecular formula is C16H15N3OS. The van der Waals surface area contributed by atoms with Gasteiger partial charge in [-0.15, -0.1) is 11.3 Å². The number of nitrogens with zero attached hydrogens (tertiary/aromatic N) is 2. The van der Waals surface area contributed by atoms with Crippen molar-refractivity contribution >= 4 is 38.8 Å². The molecule has 0 spiro atoms. The Morgan fingerprint density at radius 3 is 2.81 bits per heavy atom. The summed E-state index contributed by atoms with van der Waals surface area (Å²) < 4.78 is 0. The van der Waals surface area contributed by atoms with Crippen molar-refractivity contribution in [1.29, 1.82) is 0 Å². The molecule has 1 N–H and O–H groups in total. The summed E-state index contributed by atoms with van der Waals surface area (Å²) in [5.74, 6) is -0.0689. The molecule has 0 aliphatic heterocycles. The van der Waals surface area contributed by atoms with Crippen molar-refractivity contribution < 1.29 is 4.79 Å². The SMILES string of the molecule is CN(CC(=O)Nc1nccs1)c1ccc2ccccc2c1. The average molecular weight is 297 g/mol. The molecule has 0 aliphatic rings. The molecule has 1 heterocycles. The molecule has 0 atom stereocenters. The summed E-state index contributed by atoms with van der Waals surface area (Å²) in [6, 6.07) is 14.4. The van der Waals surface area contributed by atoms with Crippen LogP contribution in [0.4, 0.5) is 10.8 Å². The Hall–Kier alpha value is -2.40. The maximum Gasteiger partial charge on any atom is 0.245 e. The summed E-state index contributed by atoms with van der Waals surface area (Å²) >= 11 is 1.41. The predicted molar refractivity (Wildman–Crippen MR) is 88.0 cm³/mol. The fourth-order valence-electron chi connectivity index (χ4n) is 2.16. The lowest BCUT2D eigenvalue weighted by Crippen LogP contribution is -2.29. The minimum absolute atomic E-state index is 0.0689. The fourth-order valence-corrected chi connectivity index (χ4v) is 2.71. The number of rotatable bonds is 4. The molecule has 1 amide bonds. The Balaban J connectivity index is 1.71. The quantitative estimate of drug-likeness (QED) is 0.803. The van der Waals surface area contributed by atoms with E-state index in [0.29, 0.717) is 5.13 Å². The van der Waals surface area contributed by atoms with Gasteiger partial charge in [0.2, 0.25) is 5.91 Å². The molecule has 3 rings (SSSR count). The van der Waals surface area contributed by atoms with Crippen LogP contribution in [0.25, 0.3) is 10.8 Å². The molecule has 106 valence electrons. The molecule has 0 bridgehead atoms. The van der Waals surface area contributed by atoms with Gasteiger partial charge in [0.25, 0.3) is 0 Å². The maximum atomic E-state index is 12.0. The summed E-state index contributed by atoms with van der Waals surface area (Å²) in [5, 5.41) is 7.62. The first-order chi connectivity index (χ1) is 10.2. The third-order valence-corrected chi connectivity index (χ3v) is 3.92. The van der Waals surface area contributed by atoms with E-state index < -0.39 is 0 Å². The highest BCUT2D eigenvalue weighted by Gasteiger charge is 2.09. The first kappa shape index (κ1) is 13.6. The lowest BCUT2D eigenvalue weighted by atomic mass is 10.1. The van der Waals surface area contributed by atoms with Gasteiger partial charge in [-0.05, 0) is 22.9 Å². The second-order valence-corrected chi connectivity index (χ2v) is 5.67. The van der Waals surface area contributed by atoms with E-state index in [4.69, 9.17) is 0 Å². The molecule has 0 radical (unpaired) electrons. The zero-order chi connectivity index (χ0) is 14.7. The monoisotopic (exact) mass is 297 g/mol. The van der Waals surface area contributed by atoms with Crippen molar-refractivity contribution in [2.45, 2.75) is 0 Å². The van der Waals surface area contributed by atoms with E-state index in [2.05, 4.69) is 34.6 Å². The van der Waals surface area contributed by atoms with Crippen LogP contribution in [0.1, 0.15) is 0 Å². The molecule has 0 fully saturated rings. The van der Waals surface area contributed by atoms with Crippen molar-refractivity contribution in [3.05, 3.63) is 54.0 Å². The van der Waals surface area contributed by atoms with Crippen LogP contribution in [0, 0.1) is 0 Å². The molecule has 4 nitrogen and oxygen atoms in total. The Labute approximate surface area is 127 Å². The number of fused-ring (bicyclic) bond motifs is 1. The first-order valence-corrected chi connectivity index (χ1v) is 7.49. The van der Waals surface area contributed by atoms with Crippen LogP contribution in [0.15, 0.2) is 54.0 Å². The van der Waals surface area contributed by atoms with E-state index in [1.54, 1.807) is 6.20 Å². The van der Waals surface area contributed by atoms with Gasteiger partial charge in [0.1, 0.15) is 0 Å². The highest BCUT2D eigenvalue weighted by molar-refractivity contribution is 7.13. The van der Waals surface area contributed by atoms with E-state index in [-0.39, 0.29) is 12.5 Å². The lowest BCUT2D eigenvalue weighted by Gasteiger charge is -2.19. The van der Waals surface area contributed by atoms with Crippen molar-refractivity contribution in [3.8, 4) is 0 Å². The zero-order valence-corrected chi connectivity index (χ0v) is 12.4. The van der Waals surface area contributed by atoms with Crippen LogP contribution in [-0.2, 0) is 4.79 Å². The predicted octanol–water partition coefficient (Wildman–Crippen LogP) is 3.37. The second-order valence-electron chi connectivity index (χ2n) is 4.77. The number of thiazole rings is 1. The van der Waals surface area contributed by atoms with Gasteiger partial charge in [-0.3, -0.25) is 4.79 Å². The summed E-state index contributed by atoms with van der Waals surface area (Å²) in [6.45, 7) is 0.290. The van der Waals surface area contributed by atoms with Crippen LogP contribution < -0.4 is 10.2 Å². The number of hydrogen-bond acceptors (Lipinski definition) is 4. The summed E-state index contributed by atoms with van der Waals surface area (Å²) in [5.41, 5.74) is 1.02. The number of anilines is 2.